The Morgan fingerprint density at radius 1 is 0.600 bits per heavy atom. The predicted octanol–water partition coefficient (Wildman–Crippen LogP) is 3.68. The van der Waals surface area contributed by atoms with Crippen LogP contribution in [0.2, 0.25) is 12.1 Å². The molecule has 0 aliphatic heterocycles. The second-order valence-electron chi connectivity index (χ2n) is 5.65. The van der Waals surface area contributed by atoms with Crippen LogP contribution in [0.1, 0.15) is 41.5 Å². The van der Waals surface area contributed by atoms with Crippen LogP contribution in [0.3, 0.4) is 0 Å². The Kier molecular flexibility index (Phi) is 17.2. The molecular formula is C16H38O4S3Si2. The van der Waals surface area contributed by atoms with Crippen LogP contribution in [-0.2, 0) is 18.9 Å². The van der Waals surface area contributed by atoms with E-state index in [1.165, 1.54) is 12.1 Å². The molecule has 9 heteroatoms. The number of hydrogen-bond donors (Lipinski definition) is 0. The van der Waals surface area contributed by atoms with Crippen molar-refractivity contribution < 1.29 is 18.9 Å². The molecule has 0 atom stereocenters. The van der Waals surface area contributed by atoms with Gasteiger partial charge < -0.3 is 18.9 Å². The summed E-state index contributed by atoms with van der Waals surface area (Å²) in [6.45, 7) is 15.5. The first kappa shape index (κ1) is 26.3. The summed E-state index contributed by atoms with van der Waals surface area (Å²) in [7, 11) is 4.69. The lowest BCUT2D eigenvalue weighted by Crippen LogP contribution is -2.45. The summed E-state index contributed by atoms with van der Waals surface area (Å²) in [5, 5.41) is 0. The van der Waals surface area contributed by atoms with Gasteiger partial charge in [-0.15, -0.1) is 0 Å². The molecule has 0 radical (unpaired) electrons. The van der Waals surface area contributed by atoms with E-state index in [4.69, 9.17) is 18.9 Å². The van der Waals surface area contributed by atoms with Crippen molar-refractivity contribution in [2.24, 2.45) is 0 Å². The minimum Gasteiger partial charge on any atom is -0.354 e. The van der Waals surface area contributed by atoms with Crippen LogP contribution >= 0.6 is 31.4 Å². The molecule has 0 rings (SSSR count). The highest BCUT2D eigenvalue weighted by molar-refractivity contribution is 9.09. The third-order valence-electron chi connectivity index (χ3n) is 3.55. The minimum absolute atomic E-state index is 0.314. The maximum absolute atomic E-state index is 6.03. The molecule has 0 aromatic rings. The highest BCUT2D eigenvalue weighted by atomic mass is 33.5. The molecule has 0 unspecified atom stereocenters. The van der Waals surface area contributed by atoms with Crippen LogP contribution in [-0.4, -0.2) is 67.8 Å². The van der Waals surface area contributed by atoms with Crippen LogP contribution in [0.15, 0.2) is 0 Å². The van der Waals surface area contributed by atoms with Crippen LogP contribution in [0, 0.1) is 0 Å². The third-order valence-corrected chi connectivity index (χ3v) is 12.4. The molecule has 152 valence electrons. The van der Waals surface area contributed by atoms with Crippen molar-refractivity contribution in [1.29, 1.82) is 0 Å². The average Bonchev–Trinajstić information content (AvgIpc) is 2.56. The first-order valence-corrected chi connectivity index (χ1v) is 16.8. The summed E-state index contributed by atoms with van der Waals surface area (Å²) in [5.74, 6) is 1.79. The SMILES string of the molecule is CCOC(CSSSCC(OCC)(OCC)[SiH2]CC)(OCC)[SiH2]CC. The van der Waals surface area contributed by atoms with E-state index in [1.807, 2.05) is 31.4 Å². The van der Waals surface area contributed by atoms with Crippen molar-refractivity contribution in [3.05, 3.63) is 0 Å². The molecular weight excluding hydrogens is 409 g/mol. The van der Waals surface area contributed by atoms with E-state index in [2.05, 4.69) is 41.5 Å². The third kappa shape index (κ3) is 11.0. The molecule has 0 aromatic carbocycles. The number of ether oxygens (including phenoxy) is 4. The summed E-state index contributed by atoms with van der Waals surface area (Å²) in [4.78, 5) is 0. The highest BCUT2D eigenvalue weighted by Crippen LogP contribution is 2.40. The molecule has 0 aromatic heterocycles. The van der Waals surface area contributed by atoms with E-state index in [0.29, 0.717) is 26.4 Å². The largest absolute Gasteiger partial charge is 0.354 e. The van der Waals surface area contributed by atoms with E-state index >= 15 is 0 Å². The van der Waals surface area contributed by atoms with E-state index < -0.39 is 19.0 Å². The zero-order valence-electron chi connectivity index (χ0n) is 16.9. The van der Waals surface area contributed by atoms with Gasteiger partial charge in [0.25, 0.3) is 0 Å². The molecule has 25 heavy (non-hydrogen) atoms. The molecule has 0 amide bonds. The van der Waals surface area contributed by atoms with Crippen LogP contribution < -0.4 is 0 Å². The molecule has 0 heterocycles. The molecule has 0 bridgehead atoms. The van der Waals surface area contributed by atoms with Gasteiger partial charge in [0.2, 0.25) is 0 Å². The van der Waals surface area contributed by atoms with Gasteiger partial charge in [-0.1, -0.05) is 47.5 Å². The van der Waals surface area contributed by atoms with Crippen molar-refractivity contribution in [1.82, 2.24) is 0 Å². The summed E-state index contributed by atoms with van der Waals surface area (Å²) < 4.78 is 24.1. The van der Waals surface area contributed by atoms with E-state index in [1.54, 1.807) is 0 Å². The lowest BCUT2D eigenvalue weighted by molar-refractivity contribution is -0.159. The summed E-state index contributed by atoms with van der Waals surface area (Å²) in [6.07, 6.45) is 0. The molecule has 0 fully saturated rings. The van der Waals surface area contributed by atoms with E-state index in [9.17, 15) is 0 Å². The zero-order valence-corrected chi connectivity index (χ0v) is 22.2. The van der Waals surface area contributed by atoms with Crippen molar-refractivity contribution in [3.8, 4) is 0 Å². The van der Waals surface area contributed by atoms with E-state index in [-0.39, 0.29) is 10.8 Å². The Balaban J connectivity index is 4.49. The van der Waals surface area contributed by atoms with Crippen molar-refractivity contribution in [2.75, 3.05) is 37.9 Å². The van der Waals surface area contributed by atoms with Gasteiger partial charge in [-0.25, -0.2) is 0 Å². The van der Waals surface area contributed by atoms with Crippen LogP contribution in [0.5, 0.6) is 0 Å². The molecule has 4 nitrogen and oxygen atoms in total. The topological polar surface area (TPSA) is 36.9 Å². The number of hydrogen-bond acceptors (Lipinski definition) is 7. The van der Waals surface area contributed by atoms with Gasteiger partial charge in [0.1, 0.15) is 0 Å². The van der Waals surface area contributed by atoms with Gasteiger partial charge in [-0.05, 0) is 37.5 Å². The Hall–Kier alpha value is 1.32. The van der Waals surface area contributed by atoms with Gasteiger partial charge >= 0.3 is 0 Å². The van der Waals surface area contributed by atoms with Gasteiger partial charge in [0.15, 0.2) is 10.8 Å². The lowest BCUT2D eigenvalue weighted by atomic mass is 10.7. The van der Waals surface area contributed by atoms with E-state index in [0.717, 1.165) is 11.5 Å². The molecule has 0 aliphatic rings. The Labute approximate surface area is 171 Å². The fourth-order valence-electron chi connectivity index (χ4n) is 2.76. The quantitative estimate of drug-likeness (QED) is 0.138. The zero-order chi connectivity index (χ0) is 19.0. The molecule has 0 spiro atoms. The lowest BCUT2D eigenvalue weighted by Gasteiger charge is -2.33. The maximum atomic E-state index is 6.03. The van der Waals surface area contributed by atoms with Gasteiger partial charge in [0.05, 0.1) is 30.5 Å². The maximum Gasteiger partial charge on any atom is 0.154 e. The second kappa shape index (κ2) is 16.3. The standard InChI is InChI=1S/C16H38O4S3Si2/c1-7-17-15(18-8-2,24-11-5)13-21-23-22-14-16(19-9-3,20-10-4)25-12-6/h7-14,24-25H2,1-6H3. The fraction of sp³-hybridized carbons (Fsp3) is 1.00. The summed E-state index contributed by atoms with van der Waals surface area (Å²) >= 11 is 0. The predicted molar refractivity (Wildman–Crippen MR) is 123 cm³/mol. The summed E-state index contributed by atoms with van der Waals surface area (Å²) in [5.41, 5.74) is -0.628. The molecule has 0 saturated heterocycles. The van der Waals surface area contributed by atoms with Gasteiger partial charge in [-0.2, -0.15) is 0 Å². The average molecular weight is 447 g/mol. The van der Waals surface area contributed by atoms with Crippen molar-refractivity contribution in [2.45, 2.75) is 64.5 Å². The van der Waals surface area contributed by atoms with Crippen LogP contribution in [0.4, 0.5) is 0 Å². The molecule has 0 saturated carbocycles. The van der Waals surface area contributed by atoms with Gasteiger partial charge in [-0.3, -0.25) is 0 Å². The smallest absolute Gasteiger partial charge is 0.154 e. The Bertz CT molecular complexity index is 253. The van der Waals surface area contributed by atoms with Crippen molar-refractivity contribution >= 4 is 50.5 Å². The summed E-state index contributed by atoms with van der Waals surface area (Å²) in [6, 6.07) is 2.39. The highest BCUT2D eigenvalue weighted by Gasteiger charge is 2.32. The minimum atomic E-state index is -0.409. The monoisotopic (exact) mass is 446 g/mol. The first-order chi connectivity index (χ1) is 12.1. The second-order valence-corrected chi connectivity index (χ2v) is 15.0. The van der Waals surface area contributed by atoms with Crippen molar-refractivity contribution in [3.63, 3.8) is 0 Å². The molecule has 0 N–H and O–H groups in total. The first-order valence-electron chi connectivity index (χ1n) is 9.54. The normalized spacial score (nSPS) is 13.7. The van der Waals surface area contributed by atoms with Gasteiger partial charge in [0, 0.05) is 26.4 Å². The Morgan fingerprint density at radius 2 is 0.920 bits per heavy atom. The van der Waals surface area contributed by atoms with Crippen LogP contribution in [0.25, 0.3) is 0 Å². The fourth-order valence-corrected chi connectivity index (χ4v) is 12.2. The Morgan fingerprint density at radius 3 is 1.16 bits per heavy atom. The molecule has 0 aliphatic carbocycles. The number of rotatable bonds is 18.